The molecule has 0 saturated heterocycles. The Hall–Kier alpha value is -1.31. The normalized spacial score (nSPS) is 12.4. The van der Waals surface area contributed by atoms with Gasteiger partial charge in [0.15, 0.2) is 0 Å². The maximum atomic E-state index is 12.7. The number of oxime groups is 1. The minimum Gasteiger partial charge on any atom is -0.394 e. The van der Waals surface area contributed by atoms with Gasteiger partial charge in [0.1, 0.15) is 6.61 Å². The van der Waals surface area contributed by atoms with E-state index in [1.54, 1.807) is 7.11 Å². The molecule has 0 aliphatic rings. The van der Waals surface area contributed by atoms with E-state index in [-0.39, 0.29) is 0 Å². The van der Waals surface area contributed by atoms with E-state index in [0.717, 1.165) is 25.0 Å². The Balaban J connectivity index is 2.68. The number of halogens is 4. The zero-order valence-electron chi connectivity index (χ0n) is 14.2. The van der Waals surface area contributed by atoms with Crippen molar-refractivity contribution < 1.29 is 22.7 Å². The van der Waals surface area contributed by atoms with Crippen molar-refractivity contribution in [3.05, 3.63) is 35.4 Å². The molecule has 1 N–H and O–H groups in total. The standard InChI is InChI=1S/C17H24ClF3N2O2/c1-24-12-3-2-4-16(23-25-13-11-22-10-9-18)14-5-7-15(8-6-14)17(19,20)21/h5-8,22H,2-4,9-13H2,1H3/b23-16+. The van der Waals surface area contributed by atoms with Crippen molar-refractivity contribution in [2.24, 2.45) is 5.16 Å². The highest BCUT2D eigenvalue weighted by Gasteiger charge is 2.30. The maximum absolute atomic E-state index is 12.7. The first kappa shape index (κ1) is 21.7. The molecule has 8 heteroatoms. The van der Waals surface area contributed by atoms with Crippen LogP contribution in [0, 0.1) is 0 Å². The number of nitrogens with one attached hydrogen (secondary N) is 1. The van der Waals surface area contributed by atoms with Crippen LogP contribution in [-0.4, -0.2) is 45.0 Å². The lowest BCUT2D eigenvalue weighted by atomic mass is 10.0. The van der Waals surface area contributed by atoms with Gasteiger partial charge in [-0.05, 0) is 37.0 Å². The van der Waals surface area contributed by atoms with E-state index in [0.29, 0.717) is 49.9 Å². The van der Waals surface area contributed by atoms with Crippen molar-refractivity contribution in [2.75, 3.05) is 39.3 Å². The van der Waals surface area contributed by atoms with Crippen LogP contribution in [0.2, 0.25) is 0 Å². The SMILES string of the molecule is COCCCC/C(=N\OCCNCCCl)c1ccc(C(F)(F)F)cc1. The fourth-order valence-electron chi connectivity index (χ4n) is 2.07. The lowest BCUT2D eigenvalue weighted by molar-refractivity contribution is -0.137. The van der Waals surface area contributed by atoms with Crippen molar-refractivity contribution in [1.29, 1.82) is 0 Å². The van der Waals surface area contributed by atoms with Crippen LogP contribution >= 0.6 is 11.6 Å². The Bertz CT molecular complexity index is 508. The molecule has 25 heavy (non-hydrogen) atoms. The fourth-order valence-corrected chi connectivity index (χ4v) is 2.20. The third-order valence-electron chi connectivity index (χ3n) is 3.37. The van der Waals surface area contributed by atoms with E-state index in [1.807, 2.05) is 0 Å². The molecular formula is C17H24ClF3N2O2. The third-order valence-corrected chi connectivity index (χ3v) is 3.56. The molecule has 0 radical (unpaired) electrons. The Morgan fingerprint density at radius 1 is 1.12 bits per heavy atom. The summed E-state index contributed by atoms with van der Waals surface area (Å²) in [4.78, 5) is 5.28. The molecule has 4 nitrogen and oxygen atoms in total. The number of benzene rings is 1. The van der Waals surface area contributed by atoms with Gasteiger partial charge in [0.25, 0.3) is 0 Å². The molecule has 0 fully saturated rings. The molecule has 1 rings (SSSR count). The molecular weight excluding hydrogens is 357 g/mol. The highest BCUT2D eigenvalue weighted by atomic mass is 35.5. The summed E-state index contributed by atoms with van der Waals surface area (Å²) in [6, 6.07) is 4.96. The number of nitrogens with zero attached hydrogens (tertiary/aromatic N) is 1. The van der Waals surface area contributed by atoms with Crippen LogP contribution in [0.4, 0.5) is 13.2 Å². The van der Waals surface area contributed by atoms with Gasteiger partial charge < -0.3 is 14.9 Å². The van der Waals surface area contributed by atoms with Crippen LogP contribution < -0.4 is 5.32 Å². The van der Waals surface area contributed by atoms with Crippen LogP contribution in [0.3, 0.4) is 0 Å². The van der Waals surface area contributed by atoms with Crippen molar-refractivity contribution in [3.8, 4) is 0 Å². The van der Waals surface area contributed by atoms with Crippen LogP contribution in [0.5, 0.6) is 0 Å². The summed E-state index contributed by atoms with van der Waals surface area (Å²) in [5.74, 6) is 0.513. The Kier molecular flexibility index (Phi) is 10.5. The highest BCUT2D eigenvalue weighted by molar-refractivity contribution is 6.18. The van der Waals surface area contributed by atoms with Crippen molar-refractivity contribution in [2.45, 2.75) is 25.4 Å². The zero-order chi connectivity index (χ0) is 18.5. The van der Waals surface area contributed by atoms with Crippen LogP contribution in [0.1, 0.15) is 30.4 Å². The topological polar surface area (TPSA) is 42.9 Å². The van der Waals surface area contributed by atoms with Crippen molar-refractivity contribution >= 4 is 17.3 Å². The average Bonchev–Trinajstić information content (AvgIpc) is 2.59. The third kappa shape index (κ3) is 9.09. The zero-order valence-corrected chi connectivity index (χ0v) is 15.0. The molecule has 0 aliphatic carbocycles. The van der Waals surface area contributed by atoms with Gasteiger partial charge in [-0.3, -0.25) is 0 Å². The number of methoxy groups -OCH3 is 1. The van der Waals surface area contributed by atoms with Gasteiger partial charge in [-0.1, -0.05) is 17.3 Å². The van der Waals surface area contributed by atoms with Crippen LogP contribution in [0.25, 0.3) is 0 Å². The van der Waals surface area contributed by atoms with Crippen LogP contribution in [0.15, 0.2) is 29.4 Å². The molecule has 0 aliphatic heterocycles. The smallest absolute Gasteiger partial charge is 0.394 e. The van der Waals surface area contributed by atoms with Crippen molar-refractivity contribution in [1.82, 2.24) is 5.32 Å². The first-order valence-electron chi connectivity index (χ1n) is 8.11. The molecule has 0 spiro atoms. The number of rotatable bonds is 12. The van der Waals surface area contributed by atoms with Gasteiger partial charge in [0, 0.05) is 32.7 Å². The predicted octanol–water partition coefficient (Wildman–Crippen LogP) is 4.07. The predicted molar refractivity (Wildman–Crippen MR) is 93.2 cm³/mol. The largest absolute Gasteiger partial charge is 0.416 e. The summed E-state index contributed by atoms with van der Waals surface area (Å²) in [6.07, 6.45) is -2.10. The van der Waals surface area contributed by atoms with E-state index >= 15 is 0 Å². The van der Waals surface area contributed by atoms with E-state index in [4.69, 9.17) is 21.2 Å². The molecule has 0 amide bonds. The van der Waals surface area contributed by atoms with Crippen LogP contribution in [-0.2, 0) is 15.8 Å². The molecule has 142 valence electrons. The quantitative estimate of drug-likeness (QED) is 0.257. The van der Waals surface area contributed by atoms with Gasteiger partial charge >= 0.3 is 6.18 Å². The number of ether oxygens (including phenoxy) is 1. The second kappa shape index (κ2) is 12.1. The number of unbranched alkanes of at least 4 members (excludes halogenated alkanes) is 1. The first-order chi connectivity index (χ1) is 12.0. The molecule has 0 heterocycles. The minimum atomic E-state index is -4.35. The van der Waals surface area contributed by atoms with Gasteiger partial charge in [0.05, 0.1) is 11.3 Å². The summed E-state index contributed by atoms with van der Waals surface area (Å²) < 4.78 is 43.0. The van der Waals surface area contributed by atoms with E-state index in [1.165, 1.54) is 12.1 Å². The Morgan fingerprint density at radius 3 is 2.44 bits per heavy atom. The lowest BCUT2D eigenvalue weighted by Gasteiger charge is -2.10. The Morgan fingerprint density at radius 2 is 1.84 bits per heavy atom. The number of hydrogen-bond acceptors (Lipinski definition) is 4. The van der Waals surface area contributed by atoms with Gasteiger partial charge in [-0.25, -0.2) is 0 Å². The lowest BCUT2D eigenvalue weighted by Crippen LogP contribution is -2.21. The summed E-state index contributed by atoms with van der Waals surface area (Å²) in [5.41, 5.74) is 0.572. The molecule has 0 saturated carbocycles. The minimum absolute atomic E-state index is 0.360. The fraction of sp³-hybridized carbons (Fsp3) is 0.588. The summed E-state index contributed by atoms with van der Waals surface area (Å²) in [6.45, 7) is 2.26. The van der Waals surface area contributed by atoms with E-state index < -0.39 is 11.7 Å². The summed E-state index contributed by atoms with van der Waals surface area (Å²) in [7, 11) is 1.63. The van der Waals surface area contributed by atoms with E-state index in [2.05, 4.69) is 10.5 Å². The molecule has 0 atom stereocenters. The molecule has 0 unspecified atom stereocenters. The second-order valence-electron chi connectivity index (χ2n) is 5.34. The van der Waals surface area contributed by atoms with Gasteiger partial charge in [-0.15, -0.1) is 11.6 Å². The second-order valence-corrected chi connectivity index (χ2v) is 5.71. The Labute approximate surface area is 151 Å². The van der Waals surface area contributed by atoms with Gasteiger partial charge in [0.2, 0.25) is 0 Å². The number of hydrogen-bond donors (Lipinski definition) is 1. The van der Waals surface area contributed by atoms with Crippen molar-refractivity contribution in [3.63, 3.8) is 0 Å². The first-order valence-corrected chi connectivity index (χ1v) is 8.64. The average molecular weight is 381 g/mol. The highest BCUT2D eigenvalue weighted by Crippen LogP contribution is 2.29. The van der Waals surface area contributed by atoms with Gasteiger partial charge in [-0.2, -0.15) is 13.2 Å². The summed E-state index contributed by atoms with van der Waals surface area (Å²) in [5, 5.41) is 7.17. The maximum Gasteiger partial charge on any atom is 0.416 e. The number of alkyl halides is 4. The monoisotopic (exact) mass is 380 g/mol. The molecule has 0 aromatic heterocycles. The molecule has 1 aromatic rings. The summed E-state index contributed by atoms with van der Waals surface area (Å²) >= 11 is 5.55. The van der Waals surface area contributed by atoms with E-state index in [9.17, 15) is 13.2 Å². The molecule has 1 aromatic carbocycles. The molecule has 0 bridgehead atoms.